The van der Waals surface area contributed by atoms with Crippen LogP contribution in [0, 0.1) is 0 Å². The molecule has 0 aromatic heterocycles. The van der Waals surface area contributed by atoms with E-state index in [-0.39, 0.29) is 11.5 Å². The molecule has 1 rings (SSSR count). The summed E-state index contributed by atoms with van der Waals surface area (Å²) in [5.41, 5.74) is 0. The van der Waals surface area contributed by atoms with Gasteiger partial charge in [-0.25, -0.2) is 4.99 Å². The lowest BCUT2D eigenvalue weighted by molar-refractivity contribution is -0.841. The Morgan fingerprint density at radius 3 is 1.46 bits per heavy atom. The second-order valence-electron chi connectivity index (χ2n) is 5.56. The van der Waals surface area contributed by atoms with Crippen LogP contribution in [0.4, 0.5) is 0 Å². The molecule has 0 unspecified atom stereocenters. The van der Waals surface area contributed by atoms with Crippen molar-refractivity contribution in [1.29, 1.82) is 0 Å². The van der Waals surface area contributed by atoms with E-state index in [0.717, 1.165) is 43.8 Å². The summed E-state index contributed by atoms with van der Waals surface area (Å²) in [5, 5.41) is 17.3. The monoisotopic (exact) mass is 338 g/mol. The van der Waals surface area contributed by atoms with Gasteiger partial charge in [0.1, 0.15) is 11.5 Å². The number of nitrogens with zero attached hydrogens (tertiary/aromatic N) is 3. The first-order chi connectivity index (χ1) is 11.4. The number of hydrogen-bond acceptors (Lipinski definition) is 3. The number of aromatic hydroxyl groups is 2. The van der Waals surface area contributed by atoms with E-state index in [1.54, 1.807) is 0 Å². The predicted molar refractivity (Wildman–Crippen MR) is 103 cm³/mol. The van der Waals surface area contributed by atoms with Crippen LogP contribution in [0.15, 0.2) is 29.3 Å². The summed E-state index contributed by atoms with van der Waals surface area (Å²) in [4.78, 5) is 7.17. The molecule has 24 heavy (non-hydrogen) atoms. The second kappa shape index (κ2) is 11.7. The van der Waals surface area contributed by atoms with Crippen LogP contribution in [-0.2, 0) is 0 Å². The number of benzene rings is 1. The lowest BCUT2D eigenvalue weighted by Crippen LogP contribution is -2.59. The molecular weight excluding hydrogens is 302 g/mol. The molecule has 0 aliphatic carbocycles. The average molecular weight is 339 g/mol. The van der Waals surface area contributed by atoms with Crippen molar-refractivity contribution in [3.63, 3.8) is 0 Å². The third-order valence-electron chi connectivity index (χ3n) is 4.44. The van der Waals surface area contributed by atoms with Crippen LogP contribution in [0.2, 0.25) is 0 Å². The molecule has 2 N–H and O–H groups in total. The number of quaternary nitrogens is 1. The standard InChI is InChI=1S/C13H30N3.C6H6O2/c1-7-14-13(15(8-2)9-3)16(10-4,11-5)12-6;7-5-1-2-6(8)4-3-5/h7-12H2,1-6H3;1-4,7-8H/q+1;/b14-13+;. The first-order valence-corrected chi connectivity index (χ1v) is 9.08. The third-order valence-corrected chi connectivity index (χ3v) is 4.44. The molecule has 0 spiro atoms. The zero-order valence-corrected chi connectivity index (χ0v) is 16.3. The molecular formula is C19H36N3O2+. The normalized spacial score (nSPS) is 11.7. The molecule has 0 bridgehead atoms. The summed E-state index contributed by atoms with van der Waals surface area (Å²) in [7, 11) is 0. The van der Waals surface area contributed by atoms with Crippen LogP contribution in [0.3, 0.4) is 0 Å². The van der Waals surface area contributed by atoms with Crippen LogP contribution in [0.25, 0.3) is 0 Å². The molecule has 0 fully saturated rings. The Kier molecular flexibility index (Phi) is 10.9. The van der Waals surface area contributed by atoms with Crippen molar-refractivity contribution in [2.75, 3.05) is 39.3 Å². The lowest BCUT2D eigenvalue weighted by Gasteiger charge is -2.39. The van der Waals surface area contributed by atoms with Gasteiger partial charge in [-0.1, -0.05) is 0 Å². The summed E-state index contributed by atoms with van der Waals surface area (Å²) in [5.74, 6) is 1.62. The molecule has 0 aliphatic heterocycles. The summed E-state index contributed by atoms with van der Waals surface area (Å²) < 4.78 is 1.01. The fraction of sp³-hybridized carbons (Fsp3) is 0.632. The lowest BCUT2D eigenvalue weighted by atomic mass is 10.3. The van der Waals surface area contributed by atoms with Crippen LogP contribution in [0.1, 0.15) is 41.5 Å². The third kappa shape index (κ3) is 6.40. The Labute approximate surface area is 147 Å². The van der Waals surface area contributed by atoms with Crippen molar-refractivity contribution in [3.8, 4) is 11.5 Å². The van der Waals surface area contributed by atoms with Crippen LogP contribution < -0.4 is 0 Å². The van der Waals surface area contributed by atoms with Gasteiger partial charge in [0.2, 0.25) is 0 Å². The largest absolute Gasteiger partial charge is 0.508 e. The van der Waals surface area contributed by atoms with E-state index in [4.69, 9.17) is 15.2 Å². The average Bonchev–Trinajstić information content (AvgIpc) is 2.61. The van der Waals surface area contributed by atoms with E-state index < -0.39 is 0 Å². The van der Waals surface area contributed by atoms with E-state index in [1.807, 2.05) is 0 Å². The van der Waals surface area contributed by atoms with Crippen molar-refractivity contribution in [1.82, 2.24) is 4.90 Å². The van der Waals surface area contributed by atoms with Gasteiger partial charge >= 0.3 is 0 Å². The second-order valence-corrected chi connectivity index (χ2v) is 5.56. The van der Waals surface area contributed by atoms with Gasteiger partial charge in [-0.3, -0.25) is 4.48 Å². The molecule has 1 aromatic carbocycles. The Balaban J connectivity index is 0.000000546. The maximum Gasteiger partial charge on any atom is 0.300 e. The Hall–Kier alpha value is -1.75. The van der Waals surface area contributed by atoms with Crippen LogP contribution in [0.5, 0.6) is 11.5 Å². The zero-order valence-electron chi connectivity index (χ0n) is 16.3. The zero-order chi connectivity index (χ0) is 18.6. The fourth-order valence-electron chi connectivity index (χ4n) is 2.75. The van der Waals surface area contributed by atoms with Crippen molar-refractivity contribution < 1.29 is 14.7 Å². The van der Waals surface area contributed by atoms with Crippen molar-refractivity contribution in [2.24, 2.45) is 4.99 Å². The first-order valence-electron chi connectivity index (χ1n) is 9.08. The fourth-order valence-corrected chi connectivity index (χ4v) is 2.75. The van der Waals surface area contributed by atoms with E-state index in [0.29, 0.717) is 0 Å². The summed E-state index contributed by atoms with van der Waals surface area (Å²) in [6, 6.07) is 5.70. The molecule has 0 saturated carbocycles. The Morgan fingerprint density at radius 1 is 0.833 bits per heavy atom. The van der Waals surface area contributed by atoms with E-state index in [9.17, 15) is 0 Å². The van der Waals surface area contributed by atoms with Gasteiger partial charge in [0.25, 0.3) is 5.96 Å². The number of aliphatic imine (C=N–C) groups is 1. The van der Waals surface area contributed by atoms with Crippen molar-refractivity contribution in [2.45, 2.75) is 41.5 Å². The summed E-state index contributed by atoms with van der Waals surface area (Å²) in [6.07, 6.45) is 0. The van der Waals surface area contributed by atoms with Crippen molar-refractivity contribution >= 4 is 5.96 Å². The van der Waals surface area contributed by atoms with E-state index in [2.05, 4.69) is 46.4 Å². The molecule has 138 valence electrons. The minimum Gasteiger partial charge on any atom is -0.508 e. The van der Waals surface area contributed by atoms with Gasteiger partial charge in [-0.15, -0.1) is 0 Å². The molecule has 0 saturated heterocycles. The molecule has 0 heterocycles. The number of phenolic OH excluding ortho intramolecular Hbond substituents is 2. The molecule has 5 nitrogen and oxygen atoms in total. The molecule has 0 radical (unpaired) electrons. The number of phenols is 2. The highest BCUT2D eigenvalue weighted by molar-refractivity contribution is 5.73. The minimum absolute atomic E-state index is 0.169. The van der Waals surface area contributed by atoms with Gasteiger partial charge < -0.3 is 15.1 Å². The number of guanidine groups is 1. The van der Waals surface area contributed by atoms with Gasteiger partial charge in [-0.2, -0.15) is 0 Å². The number of rotatable bonds is 6. The summed E-state index contributed by atoms with van der Waals surface area (Å²) in [6.45, 7) is 19.7. The number of hydrogen-bond donors (Lipinski definition) is 2. The van der Waals surface area contributed by atoms with Crippen molar-refractivity contribution in [3.05, 3.63) is 24.3 Å². The SMILES string of the molecule is CC/N=C(\N(CC)CC)[N+](CC)(CC)CC.Oc1ccc(O)cc1. The smallest absolute Gasteiger partial charge is 0.300 e. The van der Waals surface area contributed by atoms with E-state index in [1.165, 1.54) is 30.2 Å². The van der Waals surface area contributed by atoms with Gasteiger partial charge in [-0.05, 0) is 65.8 Å². The topological polar surface area (TPSA) is 56.1 Å². The van der Waals surface area contributed by atoms with Gasteiger partial charge in [0.05, 0.1) is 19.6 Å². The predicted octanol–water partition coefficient (Wildman–Crippen LogP) is 3.68. The first kappa shape index (κ1) is 22.2. The molecule has 0 atom stereocenters. The highest BCUT2D eigenvalue weighted by atomic mass is 16.3. The van der Waals surface area contributed by atoms with E-state index >= 15 is 0 Å². The molecule has 1 aromatic rings. The van der Waals surface area contributed by atoms with Crippen LogP contribution >= 0.6 is 0 Å². The molecule has 0 aliphatic rings. The maximum atomic E-state index is 8.65. The minimum atomic E-state index is 0.169. The maximum absolute atomic E-state index is 8.65. The molecule has 5 heteroatoms. The highest BCUT2D eigenvalue weighted by Gasteiger charge is 2.32. The molecule has 0 amide bonds. The highest BCUT2D eigenvalue weighted by Crippen LogP contribution is 2.13. The Bertz CT molecular complexity index is 435. The van der Waals surface area contributed by atoms with Crippen LogP contribution in [-0.4, -0.2) is 64.8 Å². The van der Waals surface area contributed by atoms with Gasteiger partial charge in [0.15, 0.2) is 0 Å². The summed E-state index contributed by atoms with van der Waals surface area (Å²) >= 11 is 0. The quantitative estimate of drug-likeness (QED) is 0.360. The van der Waals surface area contributed by atoms with Gasteiger partial charge in [0, 0.05) is 19.6 Å². The Morgan fingerprint density at radius 2 is 1.21 bits per heavy atom.